The summed E-state index contributed by atoms with van der Waals surface area (Å²) in [5, 5.41) is 3.30. The summed E-state index contributed by atoms with van der Waals surface area (Å²) in [6, 6.07) is 6.57. The van der Waals surface area contributed by atoms with Crippen LogP contribution in [0.15, 0.2) is 18.2 Å². The Hall–Kier alpha value is -1.80. The minimum atomic E-state index is -1.28. The van der Waals surface area contributed by atoms with E-state index in [4.69, 9.17) is 5.73 Å². The summed E-state index contributed by atoms with van der Waals surface area (Å²) >= 11 is 7.33. The molecule has 0 fully saturated rings. The number of hydrogen-bond acceptors (Lipinski definition) is 7. The highest BCUT2D eigenvalue weighted by atomic mass is 32.8. The van der Waals surface area contributed by atoms with Crippen LogP contribution < -0.4 is 11.1 Å². The second-order valence-electron chi connectivity index (χ2n) is 6.00. The van der Waals surface area contributed by atoms with Gasteiger partial charge in [0.15, 0.2) is 12.0 Å². The minimum absolute atomic E-state index is 0.0344. The number of aromatic nitrogens is 3. The fourth-order valence-corrected chi connectivity index (χ4v) is 2.97. The van der Waals surface area contributed by atoms with Gasteiger partial charge in [-0.1, -0.05) is 30.7 Å². The highest BCUT2D eigenvalue weighted by molar-refractivity contribution is 8.07. The topological polar surface area (TPSA) is 76.7 Å². The van der Waals surface area contributed by atoms with Crippen LogP contribution in [-0.4, -0.2) is 15.0 Å². The molecule has 3 N–H and O–H groups in total. The predicted molar refractivity (Wildman–Crippen MR) is 98.9 cm³/mol. The molecule has 8 heteroatoms. The SMILES string of the molecule is Cc1ccc2c(c1)[C@H](Nc1nc(N)nc([C@H](C)F)n1)[C@@H](C)C2.S=S. The van der Waals surface area contributed by atoms with Gasteiger partial charge in [0.1, 0.15) is 0 Å². The van der Waals surface area contributed by atoms with Crippen LogP contribution in [0.1, 0.15) is 48.6 Å². The van der Waals surface area contributed by atoms with Gasteiger partial charge in [-0.05, 0) is 37.3 Å². The van der Waals surface area contributed by atoms with Crippen molar-refractivity contribution in [2.75, 3.05) is 11.1 Å². The Kier molecular flexibility index (Phi) is 6.06. The van der Waals surface area contributed by atoms with Crippen LogP contribution in [0, 0.1) is 12.8 Å². The molecule has 0 amide bonds. The fourth-order valence-electron chi connectivity index (χ4n) is 2.97. The van der Waals surface area contributed by atoms with Gasteiger partial charge in [0.05, 0.1) is 6.04 Å². The van der Waals surface area contributed by atoms with Gasteiger partial charge in [-0.2, -0.15) is 15.0 Å². The Morgan fingerprint density at radius 2 is 2.00 bits per heavy atom. The number of nitrogens with zero attached hydrogens (tertiary/aromatic N) is 3. The quantitative estimate of drug-likeness (QED) is 0.865. The molecular weight excluding hydrogens is 345 g/mol. The lowest BCUT2D eigenvalue weighted by atomic mass is 10.0. The first-order chi connectivity index (χ1) is 11.4. The second kappa shape index (κ2) is 7.85. The first-order valence-electron chi connectivity index (χ1n) is 7.62. The molecule has 0 radical (unpaired) electrons. The smallest absolute Gasteiger partial charge is 0.228 e. The van der Waals surface area contributed by atoms with Crippen molar-refractivity contribution in [3.63, 3.8) is 0 Å². The zero-order valence-corrected chi connectivity index (χ0v) is 15.4. The van der Waals surface area contributed by atoms with Crippen molar-refractivity contribution in [1.29, 1.82) is 0 Å². The van der Waals surface area contributed by atoms with E-state index in [0.29, 0.717) is 11.9 Å². The molecule has 0 saturated heterocycles. The molecule has 3 atom stereocenters. The number of rotatable bonds is 3. The van der Waals surface area contributed by atoms with Crippen LogP contribution in [0.25, 0.3) is 0 Å². The highest BCUT2D eigenvalue weighted by Gasteiger charge is 2.30. The maximum Gasteiger partial charge on any atom is 0.228 e. The maximum atomic E-state index is 13.4. The van der Waals surface area contributed by atoms with E-state index in [1.165, 1.54) is 23.6 Å². The van der Waals surface area contributed by atoms with Gasteiger partial charge in [-0.25, -0.2) is 4.39 Å². The van der Waals surface area contributed by atoms with Crippen LogP contribution in [0.3, 0.4) is 0 Å². The van der Waals surface area contributed by atoms with Crippen molar-refractivity contribution in [3.8, 4) is 0 Å². The molecule has 1 aliphatic carbocycles. The summed E-state index contributed by atoms with van der Waals surface area (Å²) in [5.74, 6) is 0.830. The lowest BCUT2D eigenvalue weighted by Gasteiger charge is -2.19. The van der Waals surface area contributed by atoms with Crippen LogP contribution in [-0.2, 0) is 28.8 Å². The summed E-state index contributed by atoms with van der Waals surface area (Å²) in [6.45, 7) is 5.63. The monoisotopic (exact) mass is 365 g/mol. The number of alkyl halides is 1. The molecule has 1 aliphatic rings. The second-order valence-corrected chi connectivity index (χ2v) is 6.00. The molecule has 0 aliphatic heterocycles. The number of nitrogens with one attached hydrogen (secondary N) is 1. The first kappa shape index (κ1) is 18.5. The number of nitrogens with two attached hydrogens (primary N) is 1. The Labute approximate surface area is 151 Å². The summed E-state index contributed by atoms with van der Waals surface area (Å²) in [4.78, 5) is 12.1. The molecule has 2 aromatic rings. The average molecular weight is 366 g/mol. The largest absolute Gasteiger partial charge is 0.368 e. The average Bonchev–Trinajstić information content (AvgIpc) is 2.84. The van der Waals surface area contributed by atoms with Gasteiger partial charge in [0.25, 0.3) is 0 Å². The normalized spacial score (nSPS) is 19.8. The number of halogens is 1. The third-order valence-corrected chi connectivity index (χ3v) is 4.06. The zero-order valence-electron chi connectivity index (χ0n) is 13.8. The summed E-state index contributed by atoms with van der Waals surface area (Å²) in [6.07, 6.45) is -0.276. The van der Waals surface area contributed by atoms with Crippen molar-refractivity contribution >= 4 is 34.3 Å². The summed E-state index contributed by atoms with van der Waals surface area (Å²) < 4.78 is 13.4. The first-order valence-corrected chi connectivity index (χ1v) is 8.95. The number of anilines is 2. The van der Waals surface area contributed by atoms with Gasteiger partial charge < -0.3 is 11.1 Å². The lowest BCUT2D eigenvalue weighted by Crippen LogP contribution is -2.18. The Balaban J connectivity index is 0.00000100. The molecule has 0 saturated carbocycles. The van der Waals surface area contributed by atoms with Gasteiger partial charge in [0.2, 0.25) is 11.9 Å². The van der Waals surface area contributed by atoms with Gasteiger partial charge in [-0.15, -0.1) is 0 Å². The molecule has 0 unspecified atom stereocenters. The molecule has 3 rings (SSSR count). The van der Waals surface area contributed by atoms with Crippen molar-refractivity contribution in [3.05, 3.63) is 40.7 Å². The van der Waals surface area contributed by atoms with Crippen LogP contribution in [0.5, 0.6) is 0 Å². The van der Waals surface area contributed by atoms with Crippen LogP contribution in [0.4, 0.5) is 16.3 Å². The van der Waals surface area contributed by atoms with E-state index in [1.807, 2.05) is 0 Å². The highest BCUT2D eigenvalue weighted by Crippen LogP contribution is 2.38. The van der Waals surface area contributed by atoms with Crippen LogP contribution >= 0.6 is 0 Å². The van der Waals surface area contributed by atoms with Crippen molar-refractivity contribution in [2.45, 2.75) is 39.4 Å². The predicted octanol–water partition coefficient (Wildman–Crippen LogP) is 3.13. The zero-order chi connectivity index (χ0) is 17.9. The molecular formula is C16H20FN5S2. The third-order valence-electron chi connectivity index (χ3n) is 4.06. The van der Waals surface area contributed by atoms with E-state index < -0.39 is 6.17 Å². The fraction of sp³-hybridized carbons (Fsp3) is 0.438. The van der Waals surface area contributed by atoms with E-state index in [1.54, 1.807) is 0 Å². The maximum absolute atomic E-state index is 13.4. The molecule has 1 aromatic carbocycles. The molecule has 5 nitrogen and oxygen atoms in total. The summed E-state index contributed by atoms with van der Waals surface area (Å²) in [5.41, 5.74) is 9.45. The molecule has 0 bridgehead atoms. The van der Waals surface area contributed by atoms with Gasteiger partial charge >= 0.3 is 0 Å². The Morgan fingerprint density at radius 1 is 1.29 bits per heavy atom. The Bertz CT molecular complexity index is 726. The molecule has 128 valence electrons. The third kappa shape index (κ3) is 3.99. The van der Waals surface area contributed by atoms with Crippen LogP contribution in [0.2, 0.25) is 0 Å². The lowest BCUT2D eigenvalue weighted by molar-refractivity contribution is 0.356. The number of hydrogen-bond donors (Lipinski definition) is 2. The number of nitrogen functional groups attached to an aromatic ring is 1. The number of aryl methyl sites for hydroxylation is 1. The standard InChI is InChI=1S/C16H20FN5.S2/c1-8-4-5-11-7-9(2)13(12(11)6-8)19-16-21-14(10(3)17)20-15(18)22-16;1-2/h4-6,9-10,13H,7H2,1-3H3,(H3,18,19,20,21,22);/t9-,10-,13+;/m0./s1. The van der Waals surface area contributed by atoms with E-state index in [2.05, 4.69) is 74.7 Å². The van der Waals surface area contributed by atoms with Crippen molar-refractivity contribution in [1.82, 2.24) is 15.0 Å². The molecule has 24 heavy (non-hydrogen) atoms. The number of fused-ring (bicyclic) bond motifs is 1. The molecule has 1 heterocycles. The minimum Gasteiger partial charge on any atom is -0.368 e. The number of benzene rings is 1. The molecule has 0 spiro atoms. The van der Waals surface area contributed by atoms with Crippen molar-refractivity contribution < 1.29 is 4.39 Å². The van der Waals surface area contributed by atoms with Gasteiger partial charge in [0, 0.05) is 22.4 Å². The van der Waals surface area contributed by atoms with E-state index in [-0.39, 0.29) is 17.8 Å². The van der Waals surface area contributed by atoms with E-state index in [9.17, 15) is 4.39 Å². The molecule has 1 aromatic heterocycles. The van der Waals surface area contributed by atoms with Crippen molar-refractivity contribution in [2.24, 2.45) is 5.92 Å². The Morgan fingerprint density at radius 3 is 2.67 bits per heavy atom. The van der Waals surface area contributed by atoms with E-state index in [0.717, 1.165) is 6.42 Å². The summed E-state index contributed by atoms with van der Waals surface area (Å²) in [7, 11) is 0. The van der Waals surface area contributed by atoms with Gasteiger partial charge in [-0.3, -0.25) is 0 Å². The van der Waals surface area contributed by atoms with E-state index >= 15 is 0 Å².